The van der Waals surface area contributed by atoms with Crippen LogP contribution in [-0.2, 0) is 33.3 Å². The predicted molar refractivity (Wildman–Crippen MR) is 244 cm³/mol. The number of aliphatic hydroxyl groups is 7. The van der Waals surface area contributed by atoms with E-state index in [1.807, 2.05) is 0 Å². The SMILES string of the molecule is CCCCCCCCCCOC(=O)[C@H]1O[C@@H](O[C@H]2CC[C@@]3(C)[C@H](CC[C@]4(C)[C@@H]3CC=C3[C@H]5CC(C)(C)CC[C@]5(C(=O)O[C@@H]5O[C@H](CO)[C@@H](O)[C@H](O)[C@H]5O)CC[C@]34C)C2(C)C)[C@H](O)[C@@H](O)[C@@H]1O. The molecular formula is C52H86O14. The van der Waals surface area contributed by atoms with Crippen LogP contribution in [0, 0.1) is 50.2 Å². The Kier molecular flexibility index (Phi) is 15.7. The zero-order valence-corrected chi connectivity index (χ0v) is 41.3. The molecule has 0 radical (unpaired) electrons. The van der Waals surface area contributed by atoms with Crippen LogP contribution < -0.4 is 0 Å². The smallest absolute Gasteiger partial charge is 0.338 e. The normalized spacial score (nSPS) is 46.1. The standard InChI is InChI=1S/C52H86O14/c1-9-10-11-12-13-14-15-16-27-62-43(60)42-39(57)38(56)41(59)45(65-42)64-35-20-21-49(6)33(48(35,4)5)19-22-51(8)34(49)18-17-30-31-28-47(2,3)23-25-52(31,26-24-50(30,51)7)46(61)66-44-40(58)37(55)36(54)32(29-53)63-44/h17,31-42,44-45,53-59H,9-16,18-29H2,1-8H3/t31-,32-,33-,34-,35+,36-,37+,38+,39+,40-,41-,42+,44+,45-,49+,50-,51-,52+/m1/s1. The van der Waals surface area contributed by atoms with Crippen LogP contribution in [0.5, 0.6) is 0 Å². The molecule has 5 aliphatic carbocycles. The van der Waals surface area contributed by atoms with Gasteiger partial charge in [0.15, 0.2) is 12.4 Å². The fourth-order valence-electron chi connectivity index (χ4n) is 15.0. The van der Waals surface area contributed by atoms with Gasteiger partial charge in [0.1, 0.15) is 42.7 Å². The van der Waals surface area contributed by atoms with Gasteiger partial charge in [-0.05, 0) is 115 Å². The summed E-state index contributed by atoms with van der Waals surface area (Å²) in [5.41, 5.74) is -0.378. The van der Waals surface area contributed by atoms with Crippen molar-refractivity contribution in [3.63, 3.8) is 0 Å². The third kappa shape index (κ3) is 9.10. The van der Waals surface area contributed by atoms with Crippen molar-refractivity contribution >= 4 is 11.9 Å². The van der Waals surface area contributed by atoms with Crippen molar-refractivity contribution in [3.05, 3.63) is 11.6 Å². The van der Waals surface area contributed by atoms with Crippen molar-refractivity contribution in [1.82, 2.24) is 0 Å². The summed E-state index contributed by atoms with van der Waals surface area (Å²) in [7, 11) is 0. The number of unbranched alkanes of at least 4 members (excludes halogenated alkanes) is 7. The molecule has 4 saturated carbocycles. The quantitative estimate of drug-likeness (QED) is 0.0433. The Morgan fingerprint density at radius 1 is 0.697 bits per heavy atom. The summed E-state index contributed by atoms with van der Waals surface area (Å²) >= 11 is 0. The van der Waals surface area contributed by atoms with Crippen LogP contribution in [0.3, 0.4) is 0 Å². The van der Waals surface area contributed by atoms with Gasteiger partial charge in [-0.3, -0.25) is 4.79 Å². The summed E-state index contributed by atoms with van der Waals surface area (Å²) in [6.07, 6.45) is 3.43. The number of aliphatic hydroxyl groups excluding tert-OH is 7. The molecule has 0 spiro atoms. The van der Waals surface area contributed by atoms with Crippen molar-refractivity contribution in [2.24, 2.45) is 50.2 Å². The van der Waals surface area contributed by atoms with E-state index in [4.69, 9.17) is 23.7 Å². The summed E-state index contributed by atoms with van der Waals surface area (Å²) in [6.45, 7) is 18.1. The fraction of sp³-hybridized carbons (Fsp3) is 0.923. The molecule has 2 saturated heterocycles. The number of hydrogen-bond acceptors (Lipinski definition) is 14. The number of hydrogen-bond donors (Lipinski definition) is 7. The summed E-state index contributed by atoms with van der Waals surface area (Å²) < 4.78 is 29.9. The fourth-order valence-corrected chi connectivity index (χ4v) is 15.0. The molecule has 18 atom stereocenters. The predicted octanol–water partition coefficient (Wildman–Crippen LogP) is 6.01. The van der Waals surface area contributed by atoms with Gasteiger partial charge in [-0.2, -0.15) is 0 Å². The first kappa shape index (κ1) is 52.1. The molecule has 2 heterocycles. The van der Waals surface area contributed by atoms with Gasteiger partial charge >= 0.3 is 11.9 Å². The molecule has 6 fully saturated rings. The van der Waals surface area contributed by atoms with E-state index in [0.717, 1.165) is 64.2 Å². The molecule has 0 unspecified atom stereocenters. The number of fused-ring (bicyclic) bond motifs is 7. The van der Waals surface area contributed by atoms with E-state index in [1.54, 1.807) is 0 Å². The Labute approximate surface area is 393 Å². The highest BCUT2D eigenvalue weighted by molar-refractivity contribution is 5.79. The highest BCUT2D eigenvalue weighted by Gasteiger charge is 2.70. The van der Waals surface area contributed by atoms with E-state index in [1.165, 1.54) is 31.3 Å². The van der Waals surface area contributed by atoms with Crippen molar-refractivity contribution in [2.75, 3.05) is 13.2 Å². The van der Waals surface area contributed by atoms with Crippen molar-refractivity contribution in [1.29, 1.82) is 0 Å². The molecule has 66 heavy (non-hydrogen) atoms. The van der Waals surface area contributed by atoms with Crippen LogP contribution in [0.15, 0.2) is 11.6 Å². The van der Waals surface area contributed by atoms with E-state index >= 15 is 0 Å². The van der Waals surface area contributed by atoms with Gasteiger partial charge in [0.25, 0.3) is 0 Å². The lowest BCUT2D eigenvalue weighted by atomic mass is 9.33. The molecule has 7 aliphatic rings. The first-order chi connectivity index (χ1) is 31.0. The number of rotatable bonds is 15. The minimum atomic E-state index is -1.67. The molecule has 14 nitrogen and oxygen atoms in total. The highest BCUT2D eigenvalue weighted by atomic mass is 16.7. The summed E-state index contributed by atoms with van der Waals surface area (Å²) in [5.74, 6) is -0.796. The van der Waals surface area contributed by atoms with E-state index in [-0.39, 0.29) is 51.6 Å². The largest absolute Gasteiger partial charge is 0.464 e. The summed E-state index contributed by atoms with van der Waals surface area (Å²) in [5, 5.41) is 74.6. The lowest BCUT2D eigenvalue weighted by molar-refractivity contribution is -0.324. The topological polar surface area (TPSA) is 222 Å². The number of carbonyl (C=O) groups is 2. The number of carbonyl (C=O) groups excluding carboxylic acids is 2. The Bertz CT molecular complexity index is 1730. The Balaban J connectivity index is 1.05. The maximum absolute atomic E-state index is 14.7. The van der Waals surface area contributed by atoms with E-state index in [9.17, 15) is 45.3 Å². The van der Waals surface area contributed by atoms with Gasteiger partial charge in [0.2, 0.25) is 6.29 Å². The van der Waals surface area contributed by atoms with Crippen LogP contribution in [0.2, 0.25) is 0 Å². The number of esters is 2. The average Bonchev–Trinajstić information content (AvgIpc) is 3.26. The molecule has 7 rings (SSSR count). The minimum Gasteiger partial charge on any atom is -0.464 e. The first-order valence-corrected chi connectivity index (χ1v) is 25.8. The molecule has 0 aromatic heterocycles. The summed E-state index contributed by atoms with van der Waals surface area (Å²) in [4.78, 5) is 27.9. The van der Waals surface area contributed by atoms with Gasteiger partial charge in [0, 0.05) is 0 Å². The second-order valence-corrected chi connectivity index (χ2v) is 24.0. The zero-order chi connectivity index (χ0) is 48.2. The summed E-state index contributed by atoms with van der Waals surface area (Å²) in [6, 6.07) is 0. The van der Waals surface area contributed by atoms with Crippen LogP contribution in [0.1, 0.15) is 171 Å². The van der Waals surface area contributed by atoms with E-state index in [0.29, 0.717) is 31.6 Å². The van der Waals surface area contributed by atoms with Gasteiger partial charge < -0.3 is 59.4 Å². The monoisotopic (exact) mass is 935 g/mol. The Hall–Kier alpha value is -1.72. The molecular weight excluding hydrogens is 849 g/mol. The molecule has 378 valence electrons. The van der Waals surface area contributed by atoms with Crippen molar-refractivity contribution in [2.45, 2.75) is 238 Å². The van der Waals surface area contributed by atoms with Crippen LogP contribution in [0.25, 0.3) is 0 Å². The Morgan fingerprint density at radius 2 is 1.33 bits per heavy atom. The lowest BCUT2D eigenvalue weighted by Gasteiger charge is -2.71. The van der Waals surface area contributed by atoms with Crippen molar-refractivity contribution < 1.29 is 69.0 Å². The van der Waals surface area contributed by atoms with Crippen molar-refractivity contribution in [3.8, 4) is 0 Å². The van der Waals surface area contributed by atoms with Crippen LogP contribution >= 0.6 is 0 Å². The third-order valence-corrected chi connectivity index (χ3v) is 19.4. The molecule has 2 aliphatic heterocycles. The van der Waals surface area contributed by atoms with Crippen LogP contribution in [-0.4, -0.2) is 128 Å². The second-order valence-electron chi connectivity index (χ2n) is 24.0. The van der Waals surface area contributed by atoms with Gasteiger partial charge in [-0.1, -0.05) is 112 Å². The zero-order valence-electron chi connectivity index (χ0n) is 41.3. The van der Waals surface area contributed by atoms with E-state index < -0.39 is 85.4 Å². The minimum absolute atomic E-state index is 0.0302. The molecule has 0 aromatic carbocycles. The van der Waals surface area contributed by atoms with Gasteiger partial charge in [0.05, 0.1) is 24.7 Å². The molecule has 14 heteroatoms. The number of ether oxygens (including phenoxy) is 5. The molecule has 7 N–H and O–H groups in total. The maximum Gasteiger partial charge on any atom is 0.338 e. The second kappa shape index (κ2) is 19.8. The average molecular weight is 935 g/mol. The molecule has 0 aromatic rings. The molecule has 0 bridgehead atoms. The lowest BCUT2D eigenvalue weighted by Crippen LogP contribution is -2.66. The van der Waals surface area contributed by atoms with Gasteiger partial charge in [-0.25, -0.2) is 4.79 Å². The highest BCUT2D eigenvalue weighted by Crippen LogP contribution is 2.76. The Morgan fingerprint density at radius 3 is 2.02 bits per heavy atom. The van der Waals surface area contributed by atoms with Crippen LogP contribution in [0.4, 0.5) is 0 Å². The maximum atomic E-state index is 14.7. The third-order valence-electron chi connectivity index (χ3n) is 19.4. The molecule has 0 amide bonds. The van der Waals surface area contributed by atoms with E-state index in [2.05, 4.69) is 61.5 Å². The number of allylic oxidation sites excluding steroid dienone is 2. The first-order valence-electron chi connectivity index (χ1n) is 25.8. The van der Waals surface area contributed by atoms with Gasteiger partial charge in [-0.15, -0.1) is 0 Å².